The van der Waals surface area contributed by atoms with Crippen LogP contribution in [0.4, 0.5) is 4.39 Å². The van der Waals surface area contributed by atoms with Crippen LogP contribution < -0.4 is 5.32 Å². The number of hydrogen-bond donors (Lipinski definition) is 1. The van der Waals surface area contributed by atoms with Gasteiger partial charge in [-0.15, -0.1) is 11.3 Å². The molecular formula is C13H11Br2ClFNS. The summed E-state index contributed by atoms with van der Waals surface area (Å²) in [6, 6.07) is 6.61. The van der Waals surface area contributed by atoms with Gasteiger partial charge < -0.3 is 5.32 Å². The lowest BCUT2D eigenvalue weighted by atomic mass is 10.0. The molecule has 2 rings (SSSR count). The van der Waals surface area contributed by atoms with Gasteiger partial charge in [0.25, 0.3) is 0 Å². The quantitative estimate of drug-likeness (QED) is 0.654. The molecule has 0 aliphatic rings. The maximum atomic E-state index is 14.1. The Kier molecular flexibility index (Phi) is 5.43. The molecule has 0 bridgehead atoms. The van der Waals surface area contributed by atoms with Crippen LogP contribution in [0.3, 0.4) is 0 Å². The van der Waals surface area contributed by atoms with Crippen LogP contribution in [-0.4, -0.2) is 6.54 Å². The fraction of sp³-hybridized carbons (Fsp3) is 0.231. The van der Waals surface area contributed by atoms with E-state index in [0.29, 0.717) is 10.6 Å². The van der Waals surface area contributed by atoms with Crippen molar-refractivity contribution in [3.05, 3.63) is 53.8 Å². The lowest BCUT2D eigenvalue weighted by Crippen LogP contribution is -2.22. The Morgan fingerprint density at radius 1 is 1.37 bits per heavy atom. The van der Waals surface area contributed by atoms with Gasteiger partial charge in [0.2, 0.25) is 0 Å². The largest absolute Gasteiger partial charge is 0.306 e. The van der Waals surface area contributed by atoms with E-state index >= 15 is 0 Å². The zero-order valence-corrected chi connectivity index (χ0v) is 14.8. The highest BCUT2D eigenvalue weighted by Gasteiger charge is 2.20. The third-order valence-electron chi connectivity index (χ3n) is 2.63. The molecule has 1 aromatic carbocycles. The first-order valence-electron chi connectivity index (χ1n) is 5.66. The second kappa shape index (κ2) is 6.68. The molecule has 1 unspecified atom stereocenters. The molecule has 0 radical (unpaired) electrons. The second-order valence-corrected chi connectivity index (χ2v) is 7.62. The van der Waals surface area contributed by atoms with E-state index in [1.165, 1.54) is 6.07 Å². The first-order chi connectivity index (χ1) is 9.02. The molecule has 19 heavy (non-hydrogen) atoms. The predicted octanol–water partition coefficient (Wildman–Crippen LogP) is 5.76. The highest BCUT2D eigenvalue weighted by atomic mass is 79.9. The Morgan fingerprint density at radius 3 is 2.63 bits per heavy atom. The van der Waals surface area contributed by atoms with E-state index in [1.807, 2.05) is 13.0 Å². The first kappa shape index (κ1) is 15.4. The summed E-state index contributed by atoms with van der Waals surface area (Å²) in [6.45, 7) is 2.75. The minimum absolute atomic E-state index is 0.171. The van der Waals surface area contributed by atoms with Gasteiger partial charge in [-0.3, -0.25) is 0 Å². The van der Waals surface area contributed by atoms with Gasteiger partial charge >= 0.3 is 0 Å². The van der Waals surface area contributed by atoms with E-state index in [9.17, 15) is 4.39 Å². The molecule has 0 aliphatic heterocycles. The average molecular weight is 428 g/mol. The SMILES string of the molecule is CCNC(c1cc(Br)c(Br)s1)c1ccc(Cl)cc1F. The Bertz CT molecular complexity index is 569. The average Bonchev–Trinajstić information content (AvgIpc) is 2.67. The highest BCUT2D eigenvalue weighted by molar-refractivity contribution is 9.13. The number of nitrogens with one attached hydrogen (secondary N) is 1. The van der Waals surface area contributed by atoms with Crippen molar-refractivity contribution >= 4 is 54.8 Å². The van der Waals surface area contributed by atoms with Gasteiger partial charge in [0.15, 0.2) is 0 Å². The van der Waals surface area contributed by atoms with Crippen LogP contribution in [0.25, 0.3) is 0 Å². The molecule has 102 valence electrons. The van der Waals surface area contributed by atoms with E-state index in [2.05, 4.69) is 37.2 Å². The van der Waals surface area contributed by atoms with E-state index in [4.69, 9.17) is 11.6 Å². The summed E-state index contributed by atoms with van der Waals surface area (Å²) in [5, 5.41) is 3.71. The number of benzene rings is 1. The van der Waals surface area contributed by atoms with Crippen LogP contribution in [0.5, 0.6) is 0 Å². The lowest BCUT2D eigenvalue weighted by molar-refractivity contribution is 0.563. The topological polar surface area (TPSA) is 12.0 Å². The summed E-state index contributed by atoms with van der Waals surface area (Å²) < 4.78 is 16.1. The maximum Gasteiger partial charge on any atom is 0.129 e. The summed E-state index contributed by atoms with van der Waals surface area (Å²) in [6.07, 6.45) is 0. The van der Waals surface area contributed by atoms with Gasteiger partial charge in [0.05, 0.1) is 9.83 Å². The normalized spacial score (nSPS) is 12.7. The van der Waals surface area contributed by atoms with Crippen LogP contribution in [-0.2, 0) is 0 Å². The third-order valence-corrected chi connectivity index (χ3v) is 6.19. The molecule has 0 amide bonds. The third kappa shape index (κ3) is 3.58. The van der Waals surface area contributed by atoms with Gasteiger partial charge in [-0.25, -0.2) is 4.39 Å². The predicted molar refractivity (Wildman–Crippen MR) is 86.6 cm³/mol. The van der Waals surface area contributed by atoms with Crippen molar-refractivity contribution in [1.29, 1.82) is 0 Å². The molecule has 0 saturated carbocycles. The fourth-order valence-corrected chi connectivity index (χ4v) is 4.15. The summed E-state index contributed by atoms with van der Waals surface area (Å²) in [5.41, 5.74) is 0.604. The number of thiophene rings is 1. The van der Waals surface area contributed by atoms with Crippen molar-refractivity contribution in [2.45, 2.75) is 13.0 Å². The molecule has 0 aliphatic carbocycles. The molecule has 1 aromatic heterocycles. The molecule has 1 atom stereocenters. The maximum absolute atomic E-state index is 14.1. The van der Waals surface area contributed by atoms with Crippen molar-refractivity contribution in [2.24, 2.45) is 0 Å². The summed E-state index contributed by atoms with van der Waals surface area (Å²) in [5.74, 6) is -0.293. The van der Waals surface area contributed by atoms with E-state index in [0.717, 1.165) is 19.7 Å². The van der Waals surface area contributed by atoms with Crippen molar-refractivity contribution in [1.82, 2.24) is 5.32 Å². The van der Waals surface area contributed by atoms with Crippen LogP contribution in [0.15, 0.2) is 32.5 Å². The zero-order valence-electron chi connectivity index (χ0n) is 10.0. The van der Waals surface area contributed by atoms with Gasteiger partial charge in [-0.1, -0.05) is 24.6 Å². The smallest absolute Gasteiger partial charge is 0.129 e. The van der Waals surface area contributed by atoms with Crippen LogP contribution >= 0.6 is 54.8 Å². The number of rotatable bonds is 4. The Morgan fingerprint density at radius 2 is 2.11 bits per heavy atom. The highest BCUT2D eigenvalue weighted by Crippen LogP contribution is 2.38. The molecule has 0 saturated heterocycles. The van der Waals surface area contributed by atoms with Crippen molar-refractivity contribution in [3.63, 3.8) is 0 Å². The summed E-state index contributed by atoms with van der Waals surface area (Å²) in [7, 11) is 0. The van der Waals surface area contributed by atoms with Gasteiger partial charge in [-0.05, 0) is 56.6 Å². The Hall–Kier alpha value is 0.0600. The van der Waals surface area contributed by atoms with Crippen molar-refractivity contribution < 1.29 is 4.39 Å². The Labute approximate surface area is 137 Å². The Balaban J connectivity index is 2.44. The van der Waals surface area contributed by atoms with Crippen LogP contribution in [0.1, 0.15) is 23.4 Å². The molecular weight excluding hydrogens is 416 g/mol. The van der Waals surface area contributed by atoms with Gasteiger partial charge in [-0.2, -0.15) is 0 Å². The number of hydrogen-bond acceptors (Lipinski definition) is 2. The molecule has 6 heteroatoms. The molecule has 0 fully saturated rings. The van der Waals surface area contributed by atoms with E-state index in [1.54, 1.807) is 23.5 Å². The van der Waals surface area contributed by atoms with Gasteiger partial charge in [0.1, 0.15) is 5.82 Å². The zero-order chi connectivity index (χ0) is 14.0. The summed E-state index contributed by atoms with van der Waals surface area (Å²) >= 11 is 14.3. The van der Waals surface area contributed by atoms with Gasteiger partial charge in [0, 0.05) is 19.9 Å². The second-order valence-electron chi connectivity index (χ2n) is 3.93. The molecule has 1 N–H and O–H groups in total. The molecule has 0 spiro atoms. The monoisotopic (exact) mass is 425 g/mol. The van der Waals surface area contributed by atoms with Crippen LogP contribution in [0.2, 0.25) is 5.02 Å². The molecule has 1 heterocycles. The van der Waals surface area contributed by atoms with E-state index < -0.39 is 0 Å². The minimum atomic E-state index is -0.293. The van der Waals surface area contributed by atoms with Crippen molar-refractivity contribution in [3.8, 4) is 0 Å². The summed E-state index contributed by atoms with van der Waals surface area (Å²) in [4.78, 5) is 1.04. The minimum Gasteiger partial charge on any atom is -0.306 e. The number of halogens is 4. The molecule has 2 aromatic rings. The first-order valence-corrected chi connectivity index (χ1v) is 8.44. The fourth-order valence-electron chi connectivity index (χ4n) is 1.81. The lowest BCUT2D eigenvalue weighted by Gasteiger charge is -2.17. The van der Waals surface area contributed by atoms with Crippen LogP contribution in [0, 0.1) is 5.82 Å². The van der Waals surface area contributed by atoms with Crippen molar-refractivity contribution in [2.75, 3.05) is 6.54 Å². The molecule has 1 nitrogen and oxygen atoms in total. The standard InChI is InChI=1S/C13H11Br2ClFNS/c1-2-18-12(11-6-9(14)13(15)19-11)8-4-3-7(16)5-10(8)17/h3-6,12,18H,2H2,1H3. The van der Waals surface area contributed by atoms with E-state index in [-0.39, 0.29) is 11.9 Å².